The molecule has 0 aliphatic rings. The Morgan fingerprint density at radius 1 is 1.33 bits per heavy atom. The minimum Gasteiger partial charge on any atom is -0.310 e. The van der Waals surface area contributed by atoms with Gasteiger partial charge < -0.3 is 10.2 Å². The molecule has 0 saturated heterocycles. The normalized spacial score (nSPS) is 12.9. The van der Waals surface area contributed by atoms with Crippen LogP contribution >= 0.6 is 11.8 Å². The van der Waals surface area contributed by atoms with Crippen molar-refractivity contribution in [2.24, 2.45) is 0 Å². The number of hydrogen-bond acceptors (Lipinski definition) is 3. The summed E-state index contributed by atoms with van der Waals surface area (Å²) < 4.78 is 0. The SMILES string of the molecule is CCNC(CSCCN(C)C)c1cccc(C)c1. The van der Waals surface area contributed by atoms with Crippen LogP contribution < -0.4 is 5.32 Å². The van der Waals surface area contributed by atoms with Gasteiger partial charge in [-0.05, 0) is 33.1 Å². The van der Waals surface area contributed by atoms with Gasteiger partial charge in [0.05, 0.1) is 0 Å². The van der Waals surface area contributed by atoms with Crippen LogP contribution in [0.15, 0.2) is 24.3 Å². The summed E-state index contributed by atoms with van der Waals surface area (Å²) in [6.45, 7) is 6.50. The van der Waals surface area contributed by atoms with Crippen molar-refractivity contribution < 1.29 is 0 Å². The van der Waals surface area contributed by atoms with Gasteiger partial charge >= 0.3 is 0 Å². The molecule has 1 aromatic carbocycles. The minimum atomic E-state index is 0.474. The second-order valence-corrected chi connectivity index (χ2v) is 6.05. The van der Waals surface area contributed by atoms with Crippen LogP contribution in [0.4, 0.5) is 0 Å². The van der Waals surface area contributed by atoms with Crippen molar-refractivity contribution in [3.63, 3.8) is 0 Å². The third-order valence-corrected chi connectivity index (χ3v) is 3.90. The number of benzene rings is 1. The molecule has 0 amide bonds. The molecule has 0 heterocycles. The lowest BCUT2D eigenvalue weighted by Gasteiger charge is -2.19. The number of hydrogen-bond donors (Lipinski definition) is 1. The molecule has 1 atom stereocenters. The van der Waals surface area contributed by atoms with Crippen molar-refractivity contribution >= 4 is 11.8 Å². The predicted octanol–water partition coefficient (Wildman–Crippen LogP) is 2.94. The van der Waals surface area contributed by atoms with Gasteiger partial charge in [-0.2, -0.15) is 11.8 Å². The van der Waals surface area contributed by atoms with E-state index in [9.17, 15) is 0 Å². The smallest absolute Gasteiger partial charge is 0.0411 e. The van der Waals surface area contributed by atoms with Crippen LogP contribution in [0.5, 0.6) is 0 Å². The Bertz CT molecular complexity index is 339. The summed E-state index contributed by atoms with van der Waals surface area (Å²) in [5.41, 5.74) is 2.75. The van der Waals surface area contributed by atoms with E-state index in [4.69, 9.17) is 0 Å². The van der Waals surface area contributed by atoms with Gasteiger partial charge in [-0.3, -0.25) is 0 Å². The lowest BCUT2D eigenvalue weighted by atomic mass is 10.1. The molecule has 0 radical (unpaired) electrons. The first-order chi connectivity index (χ1) is 8.63. The molecule has 1 unspecified atom stereocenters. The molecule has 1 rings (SSSR count). The molecule has 0 aliphatic heterocycles. The van der Waals surface area contributed by atoms with E-state index in [1.807, 2.05) is 11.8 Å². The van der Waals surface area contributed by atoms with Crippen LogP contribution in [0.3, 0.4) is 0 Å². The highest BCUT2D eigenvalue weighted by molar-refractivity contribution is 7.99. The summed E-state index contributed by atoms with van der Waals surface area (Å²) in [7, 11) is 4.26. The number of nitrogens with zero attached hydrogens (tertiary/aromatic N) is 1. The highest BCUT2D eigenvalue weighted by Gasteiger charge is 2.10. The van der Waals surface area contributed by atoms with E-state index < -0.39 is 0 Å². The van der Waals surface area contributed by atoms with Gasteiger partial charge in [-0.1, -0.05) is 36.8 Å². The Hall–Kier alpha value is -0.510. The molecular weight excluding hydrogens is 240 g/mol. The highest BCUT2D eigenvalue weighted by Crippen LogP contribution is 2.19. The fourth-order valence-corrected chi connectivity index (χ4v) is 3.06. The Balaban J connectivity index is 2.49. The molecule has 102 valence electrons. The number of rotatable bonds is 8. The van der Waals surface area contributed by atoms with Crippen LogP contribution in [-0.4, -0.2) is 43.6 Å². The van der Waals surface area contributed by atoms with Crippen molar-refractivity contribution in [1.82, 2.24) is 10.2 Å². The van der Waals surface area contributed by atoms with Crippen LogP contribution in [0.1, 0.15) is 24.1 Å². The maximum Gasteiger partial charge on any atom is 0.0411 e. The van der Waals surface area contributed by atoms with E-state index in [-0.39, 0.29) is 0 Å². The minimum absolute atomic E-state index is 0.474. The molecule has 0 aromatic heterocycles. The Morgan fingerprint density at radius 3 is 2.72 bits per heavy atom. The van der Waals surface area contributed by atoms with Gasteiger partial charge in [-0.15, -0.1) is 0 Å². The zero-order chi connectivity index (χ0) is 13.4. The van der Waals surface area contributed by atoms with Crippen LogP contribution in [-0.2, 0) is 0 Å². The first kappa shape index (κ1) is 15.5. The van der Waals surface area contributed by atoms with Crippen LogP contribution in [0.2, 0.25) is 0 Å². The molecule has 1 aromatic rings. The lowest BCUT2D eigenvalue weighted by Crippen LogP contribution is -2.24. The van der Waals surface area contributed by atoms with Gasteiger partial charge in [0.25, 0.3) is 0 Å². The molecule has 3 heteroatoms. The topological polar surface area (TPSA) is 15.3 Å². The molecule has 18 heavy (non-hydrogen) atoms. The number of nitrogens with one attached hydrogen (secondary N) is 1. The van der Waals surface area contributed by atoms with E-state index in [2.05, 4.69) is 62.4 Å². The van der Waals surface area contributed by atoms with Gasteiger partial charge in [0.1, 0.15) is 0 Å². The van der Waals surface area contributed by atoms with Gasteiger partial charge in [0.2, 0.25) is 0 Å². The largest absolute Gasteiger partial charge is 0.310 e. The molecule has 0 spiro atoms. The van der Waals surface area contributed by atoms with E-state index in [0.29, 0.717) is 6.04 Å². The second kappa shape index (κ2) is 8.57. The first-order valence-electron chi connectivity index (χ1n) is 6.66. The predicted molar refractivity (Wildman–Crippen MR) is 83.5 cm³/mol. The van der Waals surface area contributed by atoms with Crippen molar-refractivity contribution in [2.45, 2.75) is 19.9 Å². The lowest BCUT2D eigenvalue weighted by molar-refractivity contribution is 0.437. The summed E-state index contributed by atoms with van der Waals surface area (Å²) in [5.74, 6) is 2.34. The van der Waals surface area contributed by atoms with Crippen LogP contribution in [0, 0.1) is 6.92 Å². The van der Waals surface area contributed by atoms with E-state index in [1.165, 1.54) is 16.9 Å². The Labute approximate surface area is 116 Å². The summed E-state index contributed by atoms with van der Waals surface area (Å²) in [4.78, 5) is 2.24. The first-order valence-corrected chi connectivity index (χ1v) is 7.81. The van der Waals surface area contributed by atoms with Crippen molar-refractivity contribution in [2.75, 3.05) is 38.7 Å². The second-order valence-electron chi connectivity index (χ2n) is 4.90. The summed E-state index contributed by atoms with van der Waals surface area (Å²) in [6.07, 6.45) is 0. The average Bonchev–Trinajstić information content (AvgIpc) is 2.33. The summed E-state index contributed by atoms with van der Waals surface area (Å²) in [6, 6.07) is 9.31. The molecule has 2 nitrogen and oxygen atoms in total. The van der Waals surface area contributed by atoms with Crippen LogP contribution in [0.25, 0.3) is 0 Å². The number of thioether (sulfide) groups is 1. The quantitative estimate of drug-likeness (QED) is 0.728. The molecule has 0 bridgehead atoms. The zero-order valence-electron chi connectivity index (χ0n) is 12.1. The molecule has 0 saturated carbocycles. The van der Waals surface area contributed by atoms with Crippen molar-refractivity contribution in [1.29, 1.82) is 0 Å². The van der Waals surface area contributed by atoms with Gasteiger partial charge in [0, 0.05) is 24.1 Å². The monoisotopic (exact) mass is 266 g/mol. The van der Waals surface area contributed by atoms with Gasteiger partial charge in [0.15, 0.2) is 0 Å². The molecule has 0 fully saturated rings. The molecule has 0 aliphatic carbocycles. The maximum atomic E-state index is 3.58. The number of aryl methyl sites for hydroxylation is 1. The van der Waals surface area contributed by atoms with E-state index in [0.717, 1.165) is 18.8 Å². The average molecular weight is 266 g/mol. The zero-order valence-corrected chi connectivity index (χ0v) is 12.9. The van der Waals surface area contributed by atoms with Crippen molar-refractivity contribution in [3.8, 4) is 0 Å². The third kappa shape index (κ3) is 5.89. The summed E-state index contributed by atoms with van der Waals surface area (Å²) in [5, 5.41) is 3.58. The maximum absolute atomic E-state index is 3.58. The fraction of sp³-hybridized carbons (Fsp3) is 0.600. The van der Waals surface area contributed by atoms with Crippen molar-refractivity contribution in [3.05, 3.63) is 35.4 Å². The Morgan fingerprint density at radius 2 is 2.11 bits per heavy atom. The van der Waals surface area contributed by atoms with E-state index in [1.54, 1.807) is 0 Å². The summed E-state index contributed by atoms with van der Waals surface area (Å²) >= 11 is 2.03. The molecular formula is C15H26N2S. The fourth-order valence-electron chi connectivity index (χ4n) is 1.85. The molecule has 1 N–H and O–H groups in total. The third-order valence-electron chi connectivity index (χ3n) is 2.86. The van der Waals surface area contributed by atoms with Gasteiger partial charge in [-0.25, -0.2) is 0 Å². The standard InChI is InChI=1S/C15H26N2S/c1-5-16-15(12-18-10-9-17(3)4)14-8-6-7-13(2)11-14/h6-8,11,15-16H,5,9-10,12H2,1-4H3. The Kier molecular flexibility index (Phi) is 7.40. The van der Waals surface area contributed by atoms with E-state index >= 15 is 0 Å². The highest BCUT2D eigenvalue weighted by atomic mass is 32.2.